The predicted molar refractivity (Wildman–Crippen MR) is 113 cm³/mol. The van der Waals surface area contributed by atoms with E-state index in [9.17, 15) is 0 Å². The Morgan fingerprint density at radius 1 is 1.14 bits per heavy atom. The van der Waals surface area contributed by atoms with Gasteiger partial charge in [-0.15, -0.1) is 0 Å². The topological polar surface area (TPSA) is 83.1 Å². The van der Waals surface area contributed by atoms with E-state index < -0.39 is 0 Å². The number of nitrogens with one attached hydrogen (secondary N) is 1. The third-order valence-electron chi connectivity index (χ3n) is 4.66. The third-order valence-corrected chi connectivity index (χ3v) is 4.91. The average molecular weight is 392 g/mol. The van der Waals surface area contributed by atoms with Crippen LogP contribution in [-0.2, 0) is 7.05 Å². The molecule has 6 nitrogen and oxygen atoms in total. The number of aryl methyl sites for hydroxylation is 1. The van der Waals surface area contributed by atoms with E-state index in [1.807, 2.05) is 55.8 Å². The van der Waals surface area contributed by atoms with Crippen LogP contribution < -0.4 is 5.73 Å². The van der Waals surface area contributed by atoms with Gasteiger partial charge in [0.1, 0.15) is 12.2 Å². The van der Waals surface area contributed by atoms with Gasteiger partial charge in [-0.05, 0) is 29.8 Å². The molecule has 3 N–H and O–H groups in total. The van der Waals surface area contributed by atoms with Crippen LogP contribution in [0.3, 0.4) is 0 Å². The Morgan fingerprint density at radius 2 is 1.86 bits per heavy atom. The maximum Gasteiger partial charge on any atom is 0.256 e. The molecular weight excluding hydrogens is 372 g/mol. The Balaban J connectivity index is 1.97. The van der Waals surface area contributed by atoms with Gasteiger partial charge < -0.3 is 5.73 Å². The number of fused-ring (bicyclic) bond motifs is 1. The normalized spacial score (nSPS) is 15.7. The van der Waals surface area contributed by atoms with Crippen LogP contribution in [0, 0.1) is 5.41 Å². The largest absolute Gasteiger partial charge is 0.322 e. The molecule has 1 aliphatic rings. The van der Waals surface area contributed by atoms with Gasteiger partial charge >= 0.3 is 0 Å². The van der Waals surface area contributed by atoms with E-state index in [2.05, 4.69) is 11.2 Å². The van der Waals surface area contributed by atoms with E-state index in [1.54, 1.807) is 16.2 Å². The summed E-state index contributed by atoms with van der Waals surface area (Å²) in [6.07, 6.45) is 3.80. The molecular formula is C21H20ClN6+. The van der Waals surface area contributed by atoms with E-state index in [1.165, 1.54) is 0 Å². The molecule has 0 spiro atoms. The van der Waals surface area contributed by atoms with Crippen LogP contribution in [0.25, 0.3) is 11.1 Å². The first kappa shape index (κ1) is 18.1. The van der Waals surface area contributed by atoms with Crippen LogP contribution in [0.4, 0.5) is 5.69 Å². The molecule has 0 saturated carbocycles. The summed E-state index contributed by atoms with van der Waals surface area (Å²) in [7, 11) is 1.89. The van der Waals surface area contributed by atoms with Gasteiger partial charge in [-0.25, -0.2) is 4.58 Å². The first-order valence-corrected chi connectivity index (χ1v) is 9.22. The first-order valence-electron chi connectivity index (χ1n) is 8.84. The summed E-state index contributed by atoms with van der Waals surface area (Å²) < 4.78 is 3.52. The Morgan fingerprint density at radius 3 is 2.50 bits per heavy atom. The summed E-state index contributed by atoms with van der Waals surface area (Å²) in [6, 6.07) is 13.7. The molecule has 1 aromatic heterocycles. The van der Waals surface area contributed by atoms with Crippen LogP contribution in [0.1, 0.15) is 18.1 Å². The summed E-state index contributed by atoms with van der Waals surface area (Å²) in [6.45, 7) is 2.03. The van der Waals surface area contributed by atoms with Crippen LogP contribution in [0.15, 0.2) is 59.9 Å². The fraction of sp³-hybridized carbons (Fsp3) is 0.143. The van der Waals surface area contributed by atoms with Gasteiger partial charge in [0.05, 0.1) is 11.9 Å². The molecule has 0 radical (unpaired) electrons. The monoisotopic (exact) mass is 391 g/mol. The molecule has 28 heavy (non-hydrogen) atoms. The van der Waals surface area contributed by atoms with Gasteiger partial charge in [0.15, 0.2) is 5.84 Å². The van der Waals surface area contributed by atoms with Crippen molar-refractivity contribution in [2.75, 3.05) is 6.54 Å². The van der Waals surface area contributed by atoms with Crippen molar-refractivity contribution < 1.29 is 4.58 Å². The van der Waals surface area contributed by atoms with E-state index in [0.29, 0.717) is 16.7 Å². The first-order chi connectivity index (χ1) is 13.4. The molecule has 140 valence electrons. The second-order valence-electron chi connectivity index (χ2n) is 6.73. The molecule has 3 aromatic rings. The number of benzene rings is 2. The highest BCUT2D eigenvalue weighted by Crippen LogP contribution is 2.31. The fourth-order valence-corrected chi connectivity index (χ4v) is 3.51. The number of rotatable bonds is 2. The van der Waals surface area contributed by atoms with Gasteiger partial charge in [0.25, 0.3) is 5.84 Å². The van der Waals surface area contributed by atoms with Gasteiger partial charge in [-0.3, -0.25) is 9.67 Å². The molecule has 4 rings (SSSR count). The lowest BCUT2D eigenvalue weighted by atomic mass is 9.96. The SMILES string of the molecule is CC(N)=[N+]1C(=N)CN=C(c2ccc(Cl)cc2)c2cc(-c3cnn(C)c3)ccc21. The predicted octanol–water partition coefficient (Wildman–Crippen LogP) is 3.59. The Hall–Kier alpha value is -3.25. The van der Waals surface area contributed by atoms with Crippen molar-refractivity contribution in [3.05, 3.63) is 71.0 Å². The Kier molecular flexibility index (Phi) is 4.57. The molecule has 0 amide bonds. The molecule has 0 bridgehead atoms. The minimum atomic E-state index is 0.239. The van der Waals surface area contributed by atoms with Crippen molar-refractivity contribution in [3.63, 3.8) is 0 Å². The maximum atomic E-state index is 8.44. The standard InChI is InChI=1S/C21H19ClN6/c1-13(23)28-19-8-5-15(16-10-26-27(2)12-16)9-18(19)21(25-11-20(28)24)14-3-6-17(22)7-4-14/h3-10,12,23-24H,11H2,1-2H3/p+1. The minimum Gasteiger partial charge on any atom is -0.322 e. The number of nitrogens with zero attached hydrogens (tertiary/aromatic N) is 4. The third kappa shape index (κ3) is 3.23. The Labute approximate surface area is 168 Å². The fourth-order valence-electron chi connectivity index (χ4n) is 3.38. The molecule has 2 heterocycles. The highest BCUT2D eigenvalue weighted by molar-refractivity contribution is 6.30. The van der Waals surface area contributed by atoms with E-state index in [0.717, 1.165) is 33.7 Å². The molecule has 0 fully saturated rings. The number of aliphatic imine (C=N–C) groups is 1. The number of benzodiazepines with no additional fused rings is 1. The van der Waals surface area contributed by atoms with Gasteiger partial charge in [0.2, 0.25) is 0 Å². The van der Waals surface area contributed by atoms with E-state index in [-0.39, 0.29) is 6.54 Å². The molecule has 0 unspecified atom stereocenters. The summed E-state index contributed by atoms with van der Waals surface area (Å²) in [5.74, 6) is 0.868. The number of aromatic nitrogens is 2. The second kappa shape index (κ2) is 7.05. The zero-order valence-electron chi connectivity index (χ0n) is 15.6. The number of nitrogens with two attached hydrogens (primary N) is 1. The van der Waals surface area contributed by atoms with Gasteiger partial charge in [-0.2, -0.15) is 10.5 Å². The molecule has 0 saturated heterocycles. The highest BCUT2D eigenvalue weighted by Gasteiger charge is 2.25. The lowest BCUT2D eigenvalue weighted by Crippen LogP contribution is -2.28. The Bertz CT molecular complexity index is 1130. The van der Waals surface area contributed by atoms with Gasteiger partial charge in [-0.1, -0.05) is 29.8 Å². The highest BCUT2D eigenvalue weighted by atomic mass is 35.5. The van der Waals surface area contributed by atoms with Crippen molar-refractivity contribution in [3.8, 4) is 11.1 Å². The van der Waals surface area contributed by atoms with E-state index >= 15 is 0 Å². The van der Waals surface area contributed by atoms with Crippen molar-refractivity contribution in [1.82, 2.24) is 9.78 Å². The molecule has 0 aliphatic carbocycles. The van der Waals surface area contributed by atoms with Crippen LogP contribution in [-0.4, -0.2) is 38.3 Å². The van der Waals surface area contributed by atoms with Crippen molar-refractivity contribution in [2.24, 2.45) is 17.8 Å². The lowest BCUT2D eigenvalue weighted by Gasteiger charge is -2.13. The van der Waals surface area contributed by atoms with Crippen molar-refractivity contribution in [2.45, 2.75) is 6.92 Å². The number of halogens is 1. The van der Waals surface area contributed by atoms with Crippen LogP contribution in [0.5, 0.6) is 0 Å². The zero-order valence-corrected chi connectivity index (χ0v) is 16.4. The second-order valence-corrected chi connectivity index (χ2v) is 7.17. The molecule has 0 atom stereocenters. The minimum absolute atomic E-state index is 0.239. The van der Waals surface area contributed by atoms with Crippen LogP contribution >= 0.6 is 11.6 Å². The smallest absolute Gasteiger partial charge is 0.256 e. The number of hydrogen-bond acceptors (Lipinski definition) is 3. The summed E-state index contributed by atoms with van der Waals surface area (Å²) in [5.41, 5.74) is 11.7. The maximum absolute atomic E-state index is 8.44. The molecule has 1 aliphatic heterocycles. The summed E-state index contributed by atoms with van der Waals surface area (Å²) >= 11 is 6.07. The molecule has 7 heteroatoms. The van der Waals surface area contributed by atoms with Crippen molar-refractivity contribution in [1.29, 1.82) is 5.41 Å². The zero-order chi connectivity index (χ0) is 19.8. The average Bonchev–Trinajstić information content (AvgIpc) is 3.04. The summed E-state index contributed by atoms with van der Waals surface area (Å²) in [5, 5.41) is 13.4. The van der Waals surface area contributed by atoms with E-state index in [4.69, 9.17) is 27.7 Å². The quantitative estimate of drug-likeness (QED) is 0.517. The van der Waals surface area contributed by atoms with Gasteiger partial charge in [0, 0.05) is 41.9 Å². The molecule has 2 aromatic carbocycles. The number of amidine groups is 2. The van der Waals surface area contributed by atoms with Crippen LogP contribution in [0.2, 0.25) is 5.02 Å². The summed E-state index contributed by atoms with van der Waals surface area (Å²) in [4.78, 5) is 4.74. The number of hydrogen-bond donors (Lipinski definition) is 2. The lowest BCUT2D eigenvalue weighted by molar-refractivity contribution is -0.311. The van der Waals surface area contributed by atoms with Crippen molar-refractivity contribution >= 4 is 34.7 Å².